The molecular formula is C22H20Cl2N2O2. The van der Waals surface area contributed by atoms with Crippen LogP contribution in [0.5, 0.6) is 0 Å². The molecule has 0 fully saturated rings. The summed E-state index contributed by atoms with van der Waals surface area (Å²) in [5, 5.41) is 8.56. The van der Waals surface area contributed by atoms with Gasteiger partial charge in [-0.2, -0.15) is 0 Å². The van der Waals surface area contributed by atoms with Crippen molar-refractivity contribution in [3.63, 3.8) is 0 Å². The van der Waals surface area contributed by atoms with Gasteiger partial charge in [0.15, 0.2) is 0 Å². The molecule has 3 aromatic carbocycles. The van der Waals surface area contributed by atoms with E-state index in [-0.39, 0.29) is 24.8 Å². The van der Waals surface area contributed by atoms with Crippen LogP contribution in [-0.2, 0) is 22.4 Å². The molecule has 0 saturated carbocycles. The van der Waals surface area contributed by atoms with Gasteiger partial charge in [-0.15, -0.1) is 0 Å². The Kier molecular flexibility index (Phi) is 6.90. The van der Waals surface area contributed by atoms with Gasteiger partial charge in [-0.1, -0.05) is 77.8 Å². The molecule has 4 nitrogen and oxygen atoms in total. The fourth-order valence-electron chi connectivity index (χ4n) is 3.00. The summed E-state index contributed by atoms with van der Waals surface area (Å²) in [6.45, 7) is 0.352. The third kappa shape index (κ3) is 5.24. The Bertz CT molecular complexity index is 999. The lowest BCUT2D eigenvalue weighted by molar-refractivity contribution is -0.125. The van der Waals surface area contributed by atoms with E-state index < -0.39 is 0 Å². The van der Waals surface area contributed by atoms with E-state index in [2.05, 4.69) is 10.6 Å². The summed E-state index contributed by atoms with van der Waals surface area (Å²) in [4.78, 5) is 24.2. The second-order valence-electron chi connectivity index (χ2n) is 6.40. The number of halogens is 2. The Hall–Kier alpha value is -2.56. The van der Waals surface area contributed by atoms with E-state index in [9.17, 15) is 9.59 Å². The molecule has 0 aromatic heterocycles. The lowest BCUT2D eigenvalue weighted by Gasteiger charge is -2.09. The van der Waals surface area contributed by atoms with Crippen LogP contribution >= 0.6 is 23.2 Å². The highest BCUT2D eigenvalue weighted by Crippen LogP contribution is 2.25. The Labute approximate surface area is 173 Å². The van der Waals surface area contributed by atoms with Crippen molar-refractivity contribution in [3.8, 4) is 0 Å². The van der Waals surface area contributed by atoms with Gasteiger partial charge in [-0.05, 0) is 34.4 Å². The molecule has 3 aromatic rings. The van der Waals surface area contributed by atoms with Gasteiger partial charge in [0.2, 0.25) is 11.8 Å². The number of fused-ring (bicyclic) bond motifs is 1. The first-order valence-electron chi connectivity index (χ1n) is 8.97. The summed E-state index contributed by atoms with van der Waals surface area (Å²) in [5.74, 6) is -0.436. The normalized spacial score (nSPS) is 10.6. The highest BCUT2D eigenvalue weighted by Gasteiger charge is 2.09. The van der Waals surface area contributed by atoms with E-state index in [1.165, 1.54) is 0 Å². The van der Waals surface area contributed by atoms with E-state index in [1.54, 1.807) is 6.07 Å². The average Bonchev–Trinajstić information content (AvgIpc) is 2.70. The predicted molar refractivity (Wildman–Crippen MR) is 114 cm³/mol. The Morgan fingerprint density at radius 3 is 2.36 bits per heavy atom. The van der Waals surface area contributed by atoms with E-state index in [0.29, 0.717) is 23.0 Å². The molecule has 0 spiro atoms. The molecule has 0 saturated heterocycles. The molecule has 0 aliphatic rings. The summed E-state index contributed by atoms with van der Waals surface area (Å²) in [6, 6.07) is 19.2. The van der Waals surface area contributed by atoms with Crippen LogP contribution < -0.4 is 10.6 Å². The van der Waals surface area contributed by atoms with Gasteiger partial charge >= 0.3 is 0 Å². The van der Waals surface area contributed by atoms with Gasteiger partial charge < -0.3 is 10.6 Å². The minimum atomic E-state index is -0.246. The van der Waals surface area contributed by atoms with Crippen LogP contribution in [0.15, 0.2) is 60.7 Å². The van der Waals surface area contributed by atoms with Gasteiger partial charge in [0, 0.05) is 6.54 Å². The molecule has 0 aliphatic heterocycles. The largest absolute Gasteiger partial charge is 0.354 e. The lowest BCUT2D eigenvalue weighted by atomic mass is 10.0. The number of hydrogen-bond donors (Lipinski definition) is 2. The van der Waals surface area contributed by atoms with Gasteiger partial charge in [-0.25, -0.2) is 0 Å². The van der Waals surface area contributed by atoms with E-state index in [4.69, 9.17) is 23.2 Å². The standard InChI is InChI=1S/C22H20Cl2N2O2/c23-19-10-4-7-16(22(19)24)11-12-25-21(28)14-26-20(27)13-17-8-3-6-15-5-1-2-9-18(15)17/h1-10H,11-14H2,(H,25,28)(H,26,27). The molecule has 0 aliphatic carbocycles. The van der Waals surface area contributed by atoms with E-state index >= 15 is 0 Å². The van der Waals surface area contributed by atoms with Gasteiger partial charge in [0.05, 0.1) is 23.0 Å². The van der Waals surface area contributed by atoms with Crippen molar-refractivity contribution in [2.45, 2.75) is 12.8 Å². The van der Waals surface area contributed by atoms with Gasteiger partial charge in [0.25, 0.3) is 0 Å². The minimum Gasteiger partial charge on any atom is -0.354 e. The molecule has 0 atom stereocenters. The van der Waals surface area contributed by atoms with Crippen LogP contribution in [-0.4, -0.2) is 24.9 Å². The maximum absolute atomic E-state index is 12.2. The van der Waals surface area contributed by atoms with Crippen LogP contribution in [0.1, 0.15) is 11.1 Å². The van der Waals surface area contributed by atoms with E-state index in [1.807, 2.05) is 54.6 Å². The molecule has 144 valence electrons. The first-order chi connectivity index (χ1) is 13.5. The molecule has 0 radical (unpaired) electrons. The molecule has 0 unspecified atom stereocenters. The zero-order valence-corrected chi connectivity index (χ0v) is 16.7. The van der Waals surface area contributed by atoms with Gasteiger partial charge in [0.1, 0.15) is 0 Å². The second-order valence-corrected chi connectivity index (χ2v) is 7.19. The van der Waals surface area contributed by atoms with Crippen LogP contribution in [0.2, 0.25) is 10.0 Å². The molecular weight excluding hydrogens is 395 g/mol. The van der Waals surface area contributed by atoms with Crippen molar-refractivity contribution < 1.29 is 9.59 Å². The lowest BCUT2D eigenvalue weighted by Crippen LogP contribution is -2.38. The number of rotatable bonds is 7. The third-order valence-electron chi connectivity index (χ3n) is 4.43. The Balaban J connectivity index is 1.45. The summed E-state index contributed by atoms with van der Waals surface area (Å²) in [6.07, 6.45) is 0.793. The molecule has 2 amide bonds. The second kappa shape index (κ2) is 9.58. The summed E-state index contributed by atoms with van der Waals surface area (Å²) in [7, 11) is 0. The number of carbonyl (C=O) groups excluding carboxylic acids is 2. The highest BCUT2D eigenvalue weighted by atomic mass is 35.5. The van der Waals surface area contributed by atoms with Crippen molar-refractivity contribution in [2.75, 3.05) is 13.1 Å². The summed E-state index contributed by atoms with van der Waals surface area (Å²) >= 11 is 12.1. The average molecular weight is 415 g/mol. The minimum absolute atomic E-state index is 0.0626. The first-order valence-corrected chi connectivity index (χ1v) is 9.73. The van der Waals surface area contributed by atoms with E-state index in [0.717, 1.165) is 21.9 Å². The zero-order valence-electron chi connectivity index (χ0n) is 15.2. The highest BCUT2D eigenvalue weighted by molar-refractivity contribution is 6.42. The van der Waals surface area contributed by atoms with Gasteiger partial charge in [-0.3, -0.25) is 9.59 Å². The molecule has 0 heterocycles. The monoisotopic (exact) mass is 414 g/mol. The van der Waals surface area contributed by atoms with Crippen LogP contribution in [0, 0.1) is 0 Å². The summed E-state index contributed by atoms with van der Waals surface area (Å²) < 4.78 is 0. The molecule has 2 N–H and O–H groups in total. The fourth-order valence-corrected chi connectivity index (χ4v) is 3.42. The summed E-state index contributed by atoms with van der Waals surface area (Å²) in [5.41, 5.74) is 1.81. The van der Waals surface area contributed by atoms with Crippen molar-refractivity contribution >= 4 is 45.8 Å². The Morgan fingerprint density at radius 2 is 1.50 bits per heavy atom. The number of benzene rings is 3. The molecule has 3 rings (SSSR count). The van der Waals surface area contributed by atoms with Crippen molar-refractivity contribution in [1.29, 1.82) is 0 Å². The number of hydrogen-bond acceptors (Lipinski definition) is 2. The van der Waals surface area contributed by atoms with Crippen LogP contribution in [0.4, 0.5) is 0 Å². The number of nitrogens with one attached hydrogen (secondary N) is 2. The van der Waals surface area contributed by atoms with Crippen LogP contribution in [0.25, 0.3) is 10.8 Å². The SMILES string of the molecule is O=C(CNC(=O)Cc1cccc2ccccc12)NCCc1cccc(Cl)c1Cl. The molecule has 6 heteroatoms. The number of amides is 2. The Morgan fingerprint density at radius 1 is 0.786 bits per heavy atom. The van der Waals surface area contributed by atoms with Crippen molar-refractivity contribution in [1.82, 2.24) is 10.6 Å². The topological polar surface area (TPSA) is 58.2 Å². The fraction of sp³-hybridized carbons (Fsp3) is 0.182. The quantitative estimate of drug-likeness (QED) is 0.609. The number of carbonyl (C=O) groups is 2. The van der Waals surface area contributed by atoms with Crippen LogP contribution in [0.3, 0.4) is 0 Å². The van der Waals surface area contributed by atoms with Crippen molar-refractivity contribution in [2.24, 2.45) is 0 Å². The predicted octanol–water partition coefficient (Wildman–Crippen LogP) is 4.16. The maximum Gasteiger partial charge on any atom is 0.239 e. The third-order valence-corrected chi connectivity index (χ3v) is 5.28. The first kappa shape index (κ1) is 20.2. The van der Waals surface area contributed by atoms with Crippen molar-refractivity contribution in [3.05, 3.63) is 81.8 Å². The molecule has 28 heavy (non-hydrogen) atoms. The molecule has 0 bridgehead atoms. The smallest absolute Gasteiger partial charge is 0.239 e. The zero-order chi connectivity index (χ0) is 19.9. The maximum atomic E-state index is 12.2.